The number of amides is 2. The van der Waals surface area contributed by atoms with E-state index in [0.717, 1.165) is 19.3 Å². The third-order valence-electron chi connectivity index (χ3n) is 3.93. The third-order valence-corrected chi connectivity index (χ3v) is 3.93. The molecule has 2 aromatic rings. The van der Waals surface area contributed by atoms with Crippen LogP contribution >= 0.6 is 0 Å². The van der Waals surface area contributed by atoms with Crippen molar-refractivity contribution in [1.82, 2.24) is 5.32 Å². The van der Waals surface area contributed by atoms with Crippen LogP contribution in [0.5, 0.6) is 0 Å². The first-order chi connectivity index (χ1) is 12.7. The molecule has 0 aliphatic heterocycles. The molecule has 2 aromatic carbocycles. The van der Waals surface area contributed by atoms with Gasteiger partial charge in [-0.3, -0.25) is 9.59 Å². The van der Waals surface area contributed by atoms with E-state index in [2.05, 4.69) is 22.8 Å². The summed E-state index contributed by atoms with van der Waals surface area (Å²) in [4.78, 5) is 24.2. The van der Waals surface area contributed by atoms with Crippen molar-refractivity contribution in [3.8, 4) is 0 Å². The van der Waals surface area contributed by atoms with Gasteiger partial charge in [-0.15, -0.1) is 0 Å². The highest BCUT2D eigenvalue weighted by Crippen LogP contribution is 2.12. The van der Waals surface area contributed by atoms with E-state index < -0.39 is 0 Å². The molecule has 0 heterocycles. The summed E-state index contributed by atoms with van der Waals surface area (Å²) in [6.45, 7) is 1.17. The van der Waals surface area contributed by atoms with Gasteiger partial charge in [0.1, 0.15) is 0 Å². The van der Waals surface area contributed by atoms with Crippen molar-refractivity contribution in [3.05, 3.63) is 65.7 Å². The second kappa shape index (κ2) is 11.1. The Balaban J connectivity index is 1.77. The Morgan fingerprint density at radius 3 is 2.58 bits per heavy atom. The summed E-state index contributed by atoms with van der Waals surface area (Å²) in [6.07, 6.45) is 2.87. The molecule has 0 aliphatic carbocycles. The second-order valence-electron chi connectivity index (χ2n) is 6.07. The fourth-order valence-electron chi connectivity index (χ4n) is 2.58. The maximum absolute atomic E-state index is 12.1. The molecular formula is C21H26N2O3. The molecule has 0 spiro atoms. The highest BCUT2D eigenvalue weighted by atomic mass is 16.5. The highest BCUT2D eigenvalue weighted by Gasteiger charge is 2.08. The van der Waals surface area contributed by atoms with Gasteiger partial charge >= 0.3 is 0 Å². The van der Waals surface area contributed by atoms with Crippen molar-refractivity contribution in [2.75, 3.05) is 25.6 Å². The zero-order chi connectivity index (χ0) is 18.6. The zero-order valence-electron chi connectivity index (χ0n) is 15.2. The van der Waals surface area contributed by atoms with Crippen molar-refractivity contribution in [1.29, 1.82) is 0 Å². The standard InChI is InChI=1S/C21H26N2O3/c1-26-15-7-14-22-21(25)18-11-6-12-19(16-18)23-20(24)13-5-10-17-8-3-2-4-9-17/h2-4,6,8-9,11-12,16H,5,7,10,13-15H2,1H3,(H,22,25)(H,23,24). The molecule has 2 N–H and O–H groups in total. The maximum Gasteiger partial charge on any atom is 0.251 e. The van der Waals surface area contributed by atoms with E-state index in [-0.39, 0.29) is 11.8 Å². The molecule has 0 saturated carbocycles. The second-order valence-corrected chi connectivity index (χ2v) is 6.07. The van der Waals surface area contributed by atoms with Crippen LogP contribution in [0.15, 0.2) is 54.6 Å². The van der Waals surface area contributed by atoms with Crippen LogP contribution in [-0.4, -0.2) is 32.1 Å². The normalized spacial score (nSPS) is 10.3. The number of anilines is 1. The van der Waals surface area contributed by atoms with Crippen LogP contribution in [-0.2, 0) is 16.0 Å². The van der Waals surface area contributed by atoms with E-state index in [9.17, 15) is 9.59 Å². The van der Waals surface area contributed by atoms with Crippen molar-refractivity contribution >= 4 is 17.5 Å². The lowest BCUT2D eigenvalue weighted by molar-refractivity contribution is -0.116. The van der Waals surface area contributed by atoms with Gasteiger partial charge in [-0.1, -0.05) is 36.4 Å². The van der Waals surface area contributed by atoms with Crippen molar-refractivity contribution in [2.24, 2.45) is 0 Å². The van der Waals surface area contributed by atoms with Crippen molar-refractivity contribution < 1.29 is 14.3 Å². The number of carbonyl (C=O) groups is 2. The maximum atomic E-state index is 12.1. The Labute approximate surface area is 154 Å². The molecule has 5 nitrogen and oxygen atoms in total. The summed E-state index contributed by atoms with van der Waals surface area (Å²) < 4.78 is 4.95. The monoisotopic (exact) mass is 354 g/mol. The quantitative estimate of drug-likeness (QED) is 0.643. The number of methoxy groups -OCH3 is 1. The molecular weight excluding hydrogens is 328 g/mol. The first-order valence-electron chi connectivity index (χ1n) is 8.90. The predicted octanol–water partition coefficient (Wildman–Crippen LogP) is 3.41. The van der Waals surface area contributed by atoms with E-state index in [0.29, 0.717) is 30.8 Å². The van der Waals surface area contributed by atoms with Gasteiger partial charge < -0.3 is 15.4 Å². The van der Waals surface area contributed by atoms with Gasteiger partial charge in [-0.2, -0.15) is 0 Å². The van der Waals surface area contributed by atoms with Crippen LogP contribution < -0.4 is 10.6 Å². The molecule has 0 aliphatic rings. The Kier molecular flexibility index (Phi) is 8.36. The molecule has 0 fully saturated rings. The van der Waals surface area contributed by atoms with Crippen LogP contribution in [0.25, 0.3) is 0 Å². The number of benzene rings is 2. The molecule has 0 saturated heterocycles. The van der Waals surface area contributed by atoms with Gasteiger partial charge in [0, 0.05) is 37.9 Å². The van der Waals surface area contributed by atoms with Gasteiger partial charge in [0.25, 0.3) is 5.91 Å². The van der Waals surface area contributed by atoms with E-state index >= 15 is 0 Å². The minimum absolute atomic E-state index is 0.0430. The first kappa shape index (κ1) is 19.7. The van der Waals surface area contributed by atoms with Crippen LogP contribution in [0.4, 0.5) is 5.69 Å². The highest BCUT2D eigenvalue weighted by molar-refractivity contribution is 5.97. The van der Waals surface area contributed by atoms with Gasteiger partial charge in [0.05, 0.1) is 0 Å². The Morgan fingerprint density at radius 2 is 1.81 bits per heavy atom. The summed E-state index contributed by atoms with van der Waals surface area (Å²) in [7, 11) is 1.63. The van der Waals surface area contributed by atoms with E-state index in [1.807, 2.05) is 18.2 Å². The molecule has 0 unspecified atom stereocenters. The SMILES string of the molecule is COCCCNC(=O)c1cccc(NC(=O)CCCc2ccccc2)c1. The van der Waals surface area contributed by atoms with Crippen LogP contribution in [0.3, 0.4) is 0 Å². The Morgan fingerprint density at radius 1 is 1.00 bits per heavy atom. The third kappa shape index (κ3) is 7.07. The predicted molar refractivity (Wildman–Crippen MR) is 103 cm³/mol. The molecule has 5 heteroatoms. The molecule has 0 radical (unpaired) electrons. The van der Waals surface area contributed by atoms with Crippen molar-refractivity contribution in [2.45, 2.75) is 25.7 Å². The van der Waals surface area contributed by atoms with Crippen LogP contribution in [0.2, 0.25) is 0 Å². The zero-order valence-corrected chi connectivity index (χ0v) is 15.2. The topological polar surface area (TPSA) is 67.4 Å². The lowest BCUT2D eigenvalue weighted by atomic mass is 10.1. The van der Waals surface area contributed by atoms with Crippen molar-refractivity contribution in [3.63, 3.8) is 0 Å². The summed E-state index contributed by atoms with van der Waals surface area (Å²) in [6, 6.07) is 17.1. The summed E-state index contributed by atoms with van der Waals surface area (Å²) in [5.74, 6) is -0.195. The fraction of sp³-hybridized carbons (Fsp3) is 0.333. The number of hydrogen-bond donors (Lipinski definition) is 2. The largest absolute Gasteiger partial charge is 0.385 e. The van der Waals surface area contributed by atoms with Gasteiger partial charge in [-0.05, 0) is 43.0 Å². The fourth-order valence-corrected chi connectivity index (χ4v) is 2.58. The summed E-state index contributed by atoms with van der Waals surface area (Å²) in [5, 5.41) is 5.70. The first-order valence-corrected chi connectivity index (χ1v) is 8.90. The van der Waals surface area contributed by atoms with E-state index in [1.165, 1.54) is 5.56 Å². The molecule has 138 valence electrons. The molecule has 0 bridgehead atoms. The van der Waals surface area contributed by atoms with Gasteiger partial charge in [-0.25, -0.2) is 0 Å². The van der Waals surface area contributed by atoms with E-state index in [4.69, 9.17) is 4.74 Å². The van der Waals surface area contributed by atoms with Crippen LogP contribution in [0, 0.1) is 0 Å². The lowest BCUT2D eigenvalue weighted by Gasteiger charge is -2.08. The number of nitrogens with one attached hydrogen (secondary N) is 2. The molecule has 2 amide bonds. The average molecular weight is 354 g/mol. The Hall–Kier alpha value is -2.66. The number of aryl methyl sites for hydroxylation is 1. The minimum atomic E-state index is -0.152. The lowest BCUT2D eigenvalue weighted by Crippen LogP contribution is -2.25. The average Bonchev–Trinajstić information content (AvgIpc) is 2.66. The number of ether oxygens (including phenoxy) is 1. The summed E-state index contributed by atoms with van der Waals surface area (Å²) in [5.41, 5.74) is 2.40. The minimum Gasteiger partial charge on any atom is -0.385 e. The molecule has 2 rings (SSSR count). The number of rotatable bonds is 10. The molecule has 0 atom stereocenters. The number of carbonyl (C=O) groups excluding carboxylic acids is 2. The van der Waals surface area contributed by atoms with Gasteiger partial charge in [0.15, 0.2) is 0 Å². The molecule has 26 heavy (non-hydrogen) atoms. The summed E-state index contributed by atoms with van der Waals surface area (Å²) >= 11 is 0. The van der Waals surface area contributed by atoms with Gasteiger partial charge in [0.2, 0.25) is 5.91 Å². The van der Waals surface area contributed by atoms with E-state index in [1.54, 1.807) is 31.4 Å². The van der Waals surface area contributed by atoms with Crippen LogP contribution in [0.1, 0.15) is 35.2 Å². The number of hydrogen-bond acceptors (Lipinski definition) is 3. The Bertz CT molecular complexity index is 701. The smallest absolute Gasteiger partial charge is 0.251 e. The molecule has 0 aromatic heterocycles.